The molecule has 0 saturated heterocycles. The van der Waals surface area contributed by atoms with Crippen molar-refractivity contribution in [2.75, 3.05) is 11.9 Å². The molecule has 1 aromatic carbocycles. The maximum atomic E-state index is 12.5. The number of nitrogens with one attached hydrogen (secondary N) is 2. The molecule has 0 bridgehead atoms. The molecular formula is C21H22N4O3. The SMILES string of the molecule is CCCOc1cccc(NC(=O)Cc2c(C)nc(-c3ccccn3)[nH]c2=O)c1. The number of hydrogen-bond donors (Lipinski definition) is 2. The van der Waals surface area contributed by atoms with Gasteiger partial charge in [0, 0.05) is 29.2 Å². The summed E-state index contributed by atoms with van der Waals surface area (Å²) in [5, 5.41) is 2.80. The van der Waals surface area contributed by atoms with Crippen molar-refractivity contribution in [3.8, 4) is 17.3 Å². The van der Waals surface area contributed by atoms with Crippen LogP contribution in [0.4, 0.5) is 5.69 Å². The van der Waals surface area contributed by atoms with Gasteiger partial charge in [-0.15, -0.1) is 0 Å². The van der Waals surface area contributed by atoms with Crippen LogP contribution in [0, 0.1) is 6.92 Å². The van der Waals surface area contributed by atoms with Crippen LogP contribution in [0.3, 0.4) is 0 Å². The van der Waals surface area contributed by atoms with Gasteiger partial charge in [0.15, 0.2) is 5.82 Å². The van der Waals surface area contributed by atoms with Gasteiger partial charge in [-0.05, 0) is 37.6 Å². The molecule has 0 aliphatic carbocycles. The second-order valence-electron chi connectivity index (χ2n) is 6.29. The van der Waals surface area contributed by atoms with Gasteiger partial charge in [-0.2, -0.15) is 0 Å². The zero-order valence-electron chi connectivity index (χ0n) is 15.9. The van der Waals surface area contributed by atoms with E-state index < -0.39 is 0 Å². The third kappa shape index (κ3) is 4.82. The van der Waals surface area contributed by atoms with Crippen molar-refractivity contribution in [1.29, 1.82) is 0 Å². The standard InChI is InChI=1S/C21H22N4O3/c1-3-11-28-16-8-6-7-15(12-16)24-19(26)13-17-14(2)23-20(25-21(17)27)18-9-4-5-10-22-18/h4-10,12H,3,11,13H2,1-2H3,(H,24,26)(H,23,25,27). The third-order valence-corrected chi connectivity index (χ3v) is 4.06. The number of benzene rings is 1. The highest BCUT2D eigenvalue weighted by atomic mass is 16.5. The molecule has 2 aromatic heterocycles. The van der Waals surface area contributed by atoms with Crippen LogP contribution in [0.15, 0.2) is 53.5 Å². The van der Waals surface area contributed by atoms with E-state index in [2.05, 4.69) is 20.3 Å². The van der Waals surface area contributed by atoms with E-state index in [9.17, 15) is 9.59 Å². The van der Waals surface area contributed by atoms with Gasteiger partial charge in [-0.3, -0.25) is 14.6 Å². The van der Waals surface area contributed by atoms with Crippen molar-refractivity contribution < 1.29 is 9.53 Å². The lowest BCUT2D eigenvalue weighted by Crippen LogP contribution is -2.24. The van der Waals surface area contributed by atoms with Crippen molar-refractivity contribution >= 4 is 11.6 Å². The molecule has 1 amide bonds. The fourth-order valence-corrected chi connectivity index (χ4v) is 2.69. The van der Waals surface area contributed by atoms with Gasteiger partial charge in [0.25, 0.3) is 5.56 Å². The molecule has 0 aliphatic rings. The molecule has 0 radical (unpaired) electrons. The second-order valence-corrected chi connectivity index (χ2v) is 6.29. The molecule has 0 aliphatic heterocycles. The average Bonchev–Trinajstić information content (AvgIpc) is 2.70. The number of pyridine rings is 1. The first-order valence-corrected chi connectivity index (χ1v) is 9.10. The highest BCUT2D eigenvalue weighted by molar-refractivity contribution is 5.92. The van der Waals surface area contributed by atoms with Crippen molar-refractivity contribution in [3.05, 3.63) is 70.3 Å². The molecule has 0 spiro atoms. The van der Waals surface area contributed by atoms with Crippen molar-refractivity contribution in [2.24, 2.45) is 0 Å². The molecule has 7 heteroatoms. The predicted octanol–water partition coefficient (Wildman–Crippen LogP) is 3.11. The van der Waals surface area contributed by atoms with Crippen LogP contribution < -0.4 is 15.6 Å². The lowest BCUT2D eigenvalue weighted by Gasteiger charge is -2.10. The number of aromatic nitrogens is 3. The molecule has 7 nitrogen and oxygen atoms in total. The van der Waals surface area contributed by atoms with Gasteiger partial charge in [-0.1, -0.05) is 19.1 Å². The summed E-state index contributed by atoms with van der Waals surface area (Å²) in [6.45, 7) is 4.35. The molecule has 28 heavy (non-hydrogen) atoms. The van der Waals surface area contributed by atoms with Gasteiger partial charge in [0.2, 0.25) is 5.91 Å². The minimum absolute atomic E-state index is 0.0727. The summed E-state index contributed by atoms with van der Waals surface area (Å²) in [7, 11) is 0. The molecule has 3 aromatic rings. The second kappa shape index (κ2) is 8.94. The number of rotatable bonds is 7. The first-order chi connectivity index (χ1) is 13.6. The molecule has 2 heterocycles. The Morgan fingerprint density at radius 2 is 2.07 bits per heavy atom. The number of nitrogens with zero attached hydrogens (tertiary/aromatic N) is 2. The molecule has 144 valence electrons. The maximum Gasteiger partial charge on any atom is 0.255 e. The number of carbonyl (C=O) groups is 1. The fraction of sp³-hybridized carbons (Fsp3) is 0.238. The number of aryl methyl sites for hydroxylation is 1. The number of aromatic amines is 1. The molecular weight excluding hydrogens is 356 g/mol. The van der Waals surface area contributed by atoms with Crippen molar-refractivity contribution in [1.82, 2.24) is 15.0 Å². The smallest absolute Gasteiger partial charge is 0.255 e. The molecule has 0 fully saturated rings. The van der Waals surface area contributed by atoms with Crippen LogP contribution in [-0.4, -0.2) is 27.5 Å². The van der Waals surface area contributed by atoms with E-state index in [1.54, 1.807) is 37.4 Å². The lowest BCUT2D eigenvalue weighted by atomic mass is 10.1. The number of ether oxygens (including phenoxy) is 1. The molecule has 2 N–H and O–H groups in total. The first kappa shape index (κ1) is 19.3. The summed E-state index contributed by atoms with van der Waals surface area (Å²) in [5.41, 5.74) is 1.67. The summed E-state index contributed by atoms with van der Waals surface area (Å²) >= 11 is 0. The van der Waals surface area contributed by atoms with Gasteiger partial charge in [0.05, 0.1) is 13.0 Å². The van der Waals surface area contributed by atoms with E-state index in [4.69, 9.17) is 4.74 Å². The Labute approximate surface area is 162 Å². The van der Waals surface area contributed by atoms with Crippen LogP contribution in [0.1, 0.15) is 24.6 Å². The number of H-pyrrole nitrogens is 1. The Bertz CT molecular complexity index is 1020. The lowest BCUT2D eigenvalue weighted by molar-refractivity contribution is -0.115. The van der Waals surface area contributed by atoms with E-state index in [0.29, 0.717) is 40.8 Å². The molecule has 0 saturated carbocycles. The highest BCUT2D eigenvalue weighted by Crippen LogP contribution is 2.18. The van der Waals surface area contributed by atoms with Crippen molar-refractivity contribution in [3.63, 3.8) is 0 Å². The summed E-state index contributed by atoms with van der Waals surface area (Å²) in [6, 6.07) is 12.5. The van der Waals surface area contributed by atoms with Crippen LogP contribution in [-0.2, 0) is 11.2 Å². The van der Waals surface area contributed by atoms with E-state index >= 15 is 0 Å². The van der Waals surface area contributed by atoms with Gasteiger partial charge in [0.1, 0.15) is 11.4 Å². The summed E-state index contributed by atoms with van der Waals surface area (Å²) in [6.07, 6.45) is 2.46. The normalized spacial score (nSPS) is 10.5. The first-order valence-electron chi connectivity index (χ1n) is 9.10. The Morgan fingerprint density at radius 3 is 2.79 bits per heavy atom. The van der Waals surface area contributed by atoms with Crippen LogP contribution in [0.2, 0.25) is 0 Å². The molecule has 3 rings (SSSR count). The van der Waals surface area contributed by atoms with E-state index in [1.807, 2.05) is 25.1 Å². The summed E-state index contributed by atoms with van der Waals surface area (Å²) in [4.78, 5) is 36.2. The Morgan fingerprint density at radius 1 is 1.21 bits per heavy atom. The predicted molar refractivity (Wildman–Crippen MR) is 107 cm³/mol. The van der Waals surface area contributed by atoms with Gasteiger partial charge < -0.3 is 15.0 Å². The minimum atomic E-state index is -0.344. The molecule has 0 atom stereocenters. The quantitative estimate of drug-likeness (QED) is 0.658. The summed E-state index contributed by atoms with van der Waals surface area (Å²) < 4.78 is 5.57. The van der Waals surface area contributed by atoms with Crippen molar-refractivity contribution in [2.45, 2.75) is 26.7 Å². The number of anilines is 1. The Hall–Kier alpha value is -3.48. The van der Waals surface area contributed by atoms with Crippen LogP contribution in [0.25, 0.3) is 11.5 Å². The third-order valence-electron chi connectivity index (χ3n) is 4.06. The Kier molecular flexibility index (Phi) is 6.16. The number of hydrogen-bond acceptors (Lipinski definition) is 5. The van der Waals surface area contributed by atoms with E-state index in [-0.39, 0.29) is 17.9 Å². The number of amides is 1. The zero-order chi connectivity index (χ0) is 19.9. The largest absolute Gasteiger partial charge is 0.494 e. The van der Waals surface area contributed by atoms with Gasteiger partial charge in [-0.25, -0.2) is 4.98 Å². The Balaban J connectivity index is 1.73. The monoisotopic (exact) mass is 378 g/mol. The van der Waals surface area contributed by atoms with E-state index in [0.717, 1.165) is 6.42 Å². The van der Waals surface area contributed by atoms with Crippen LogP contribution >= 0.6 is 0 Å². The molecule has 0 unspecified atom stereocenters. The summed E-state index contributed by atoms with van der Waals surface area (Å²) in [5.74, 6) is 0.775. The maximum absolute atomic E-state index is 12.5. The minimum Gasteiger partial charge on any atom is -0.494 e. The highest BCUT2D eigenvalue weighted by Gasteiger charge is 2.14. The van der Waals surface area contributed by atoms with Crippen LogP contribution in [0.5, 0.6) is 5.75 Å². The zero-order valence-corrected chi connectivity index (χ0v) is 15.9. The fourth-order valence-electron chi connectivity index (χ4n) is 2.69. The number of carbonyl (C=O) groups excluding carboxylic acids is 1. The average molecular weight is 378 g/mol. The topological polar surface area (TPSA) is 97.0 Å². The van der Waals surface area contributed by atoms with E-state index in [1.165, 1.54) is 0 Å². The van der Waals surface area contributed by atoms with Gasteiger partial charge >= 0.3 is 0 Å².